The molecule has 2 unspecified atom stereocenters. The van der Waals surface area contributed by atoms with E-state index in [1.165, 1.54) is 6.92 Å². The van der Waals surface area contributed by atoms with Gasteiger partial charge in [0.2, 0.25) is 0 Å². The van der Waals surface area contributed by atoms with Gasteiger partial charge in [-0.25, -0.2) is 0 Å². The molecular weight excluding hydrogens is 784 g/mol. The highest BCUT2D eigenvalue weighted by Crippen LogP contribution is 2.71. The topological polar surface area (TPSA) is 236 Å². The summed E-state index contributed by atoms with van der Waals surface area (Å²) < 4.78 is 50.9. The van der Waals surface area contributed by atoms with E-state index >= 15 is 0 Å². The molecule has 8 fully saturated rings. The summed E-state index contributed by atoms with van der Waals surface area (Å²) in [7, 11) is 0. The van der Waals surface area contributed by atoms with Crippen molar-refractivity contribution >= 4 is 0 Å². The highest BCUT2D eigenvalue weighted by atomic mass is 16.8. The van der Waals surface area contributed by atoms with Crippen LogP contribution >= 0.6 is 0 Å². The van der Waals surface area contributed by atoms with Crippen molar-refractivity contribution in [2.45, 2.75) is 196 Å². The maximum atomic E-state index is 11.6. The molecule has 16 heteroatoms. The first kappa shape index (κ1) is 44.1. The lowest BCUT2D eigenvalue weighted by atomic mass is 9.46. The molecule has 25 atom stereocenters. The maximum absolute atomic E-state index is 11.6. The second-order valence-electron chi connectivity index (χ2n) is 20.3. The second kappa shape index (κ2) is 16.1. The van der Waals surface area contributed by atoms with Crippen LogP contribution in [0, 0.1) is 40.4 Å². The molecule has 0 amide bonds. The van der Waals surface area contributed by atoms with E-state index in [9.17, 15) is 40.9 Å². The lowest BCUT2D eigenvalue weighted by molar-refractivity contribution is -0.391. The van der Waals surface area contributed by atoms with Crippen molar-refractivity contribution in [1.29, 1.82) is 0 Å². The quantitative estimate of drug-likeness (QED) is 0.172. The Morgan fingerprint density at radius 1 is 0.750 bits per heavy atom. The monoisotopic (exact) mass is 852 g/mol. The molecule has 0 aromatic carbocycles. The van der Waals surface area contributed by atoms with E-state index in [0.717, 1.165) is 49.7 Å². The average Bonchev–Trinajstić information content (AvgIpc) is 3.66. The van der Waals surface area contributed by atoms with Crippen molar-refractivity contribution in [2.24, 2.45) is 40.4 Å². The van der Waals surface area contributed by atoms with Gasteiger partial charge >= 0.3 is 0 Å². The lowest BCUT2D eigenvalue weighted by Crippen LogP contribution is -2.66. The summed E-state index contributed by atoms with van der Waals surface area (Å²) in [5.41, 5.74) is 1.75. The first-order valence-corrected chi connectivity index (χ1v) is 22.4. The smallest absolute Gasteiger partial charge is 0.187 e. The fourth-order valence-electron chi connectivity index (χ4n) is 13.6. The van der Waals surface area contributed by atoms with Gasteiger partial charge in [-0.3, -0.25) is 0 Å². The SMILES string of the molecule is C=C1CC[C@@]2(OC1)OC1C[C@H]3[C@@H]4CC=C5C[C@@H](O)C[C@@H](O[C@@H]6O[C@H](C)[C@H](O)[C@H](O[C@@H]7OC[C@@H](O)[C@H](O)[C@H]7O)[C@H]6O[C@@H]6O[C@@H](C)[C@H](O)[C@@H](O)[C@H]6O)[C@]5(C)[C@H]4CC[C@]3(C)C1[C@@H]2C. The van der Waals surface area contributed by atoms with Crippen molar-refractivity contribution in [3.8, 4) is 0 Å². The van der Waals surface area contributed by atoms with Gasteiger partial charge in [-0.2, -0.15) is 0 Å². The molecule has 340 valence electrons. The van der Waals surface area contributed by atoms with Crippen LogP contribution in [0.3, 0.4) is 0 Å². The third-order valence-electron chi connectivity index (χ3n) is 17.1. The Morgan fingerprint density at radius 2 is 1.45 bits per heavy atom. The van der Waals surface area contributed by atoms with Crippen LogP contribution in [0.4, 0.5) is 0 Å². The van der Waals surface area contributed by atoms with Crippen molar-refractivity contribution in [3.63, 3.8) is 0 Å². The van der Waals surface area contributed by atoms with Gasteiger partial charge in [-0.1, -0.05) is 44.6 Å². The number of hydrogen-bond acceptors (Lipinski definition) is 16. The van der Waals surface area contributed by atoms with Crippen LogP contribution in [0.1, 0.15) is 86.0 Å². The molecule has 5 saturated heterocycles. The summed E-state index contributed by atoms with van der Waals surface area (Å²) in [6, 6.07) is 0. The molecule has 0 aromatic rings. The van der Waals surface area contributed by atoms with Gasteiger partial charge < -0.3 is 78.7 Å². The van der Waals surface area contributed by atoms with Crippen molar-refractivity contribution in [2.75, 3.05) is 13.2 Å². The fourth-order valence-corrected chi connectivity index (χ4v) is 13.6. The van der Waals surface area contributed by atoms with Gasteiger partial charge in [0.1, 0.15) is 54.9 Å². The Hall–Kier alpha value is -1.16. The number of allylic oxidation sites excluding steroid dienone is 1. The largest absolute Gasteiger partial charge is 0.393 e. The highest BCUT2D eigenvalue weighted by Gasteiger charge is 2.69. The minimum atomic E-state index is -1.72. The van der Waals surface area contributed by atoms with E-state index < -0.39 is 109 Å². The molecule has 1 spiro atoms. The molecule has 60 heavy (non-hydrogen) atoms. The molecule has 9 rings (SSSR count). The Morgan fingerprint density at radius 3 is 2.18 bits per heavy atom. The number of rotatable bonds is 6. The molecule has 8 N–H and O–H groups in total. The minimum Gasteiger partial charge on any atom is -0.393 e. The molecule has 0 bridgehead atoms. The normalized spacial score (nSPS) is 58.0. The summed E-state index contributed by atoms with van der Waals surface area (Å²) in [4.78, 5) is 0. The van der Waals surface area contributed by atoms with Crippen molar-refractivity contribution in [1.82, 2.24) is 0 Å². The molecule has 5 heterocycles. The van der Waals surface area contributed by atoms with E-state index in [0.29, 0.717) is 30.8 Å². The second-order valence-corrected chi connectivity index (χ2v) is 20.3. The summed E-state index contributed by atoms with van der Waals surface area (Å²) in [5.74, 6) is 0.962. The standard InChI is InChI=1S/C44H68O16/c1-18-9-12-44(54-16-18)19(2)30-28(60-44)15-26-24-8-7-22-13-23(45)14-29(43(22,6)25(24)10-11-42(26,30)5)57-41-38(59-40-36(52)34(50)31(47)20(3)55-40)37(32(48)21(4)56-41)58-39-35(51)33(49)27(46)17-53-39/h7,19-21,23-41,45-52H,1,8-17H2,2-6H3/t19-,20-,21+,23+,24+,25-,26-,27+,28?,29+,30?,31-,32-,33-,34+,35+,36+,37-,38+,39-,40-,41-,42-,43-,44+/m0/s1. The summed E-state index contributed by atoms with van der Waals surface area (Å²) >= 11 is 0. The van der Waals surface area contributed by atoms with E-state index in [4.69, 9.17) is 37.9 Å². The average molecular weight is 853 g/mol. The molecule has 5 aliphatic heterocycles. The zero-order valence-corrected chi connectivity index (χ0v) is 35.4. The number of fused-ring (bicyclic) bond motifs is 7. The van der Waals surface area contributed by atoms with Gasteiger partial charge in [0.05, 0.1) is 43.7 Å². The third-order valence-corrected chi connectivity index (χ3v) is 17.1. The van der Waals surface area contributed by atoms with Gasteiger partial charge in [-0.05, 0) is 81.5 Å². The Balaban J connectivity index is 1.01. The molecule has 0 radical (unpaired) electrons. The van der Waals surface area contributed by atoms with Gasteiger partial charge in [0.25, 0.3) is 0 Å². The molecule has 9 aliphatic rings. The highest BCUT2D eigenvalue weighted by molar-refractivity contribution is 5.29. The minimum absolute atomic E-state index is 0.0475. The summed E-state index contributed by atoms with van der Waals surface area (Å²) in [6.45, 7) is 14.5. The van der Waals surface area contributed by atoms with Gasteiger partial charge in [0.15, 0.2) is 24.7 Å². The zero-order chi connectivity index (χ0) is 42.8. The van der Waals surface area contributed by atoms with Gasteiger partial charge in [-0.15, -0.1) is 0 Å². The van der Waals surface area contributed by atoms with Gasteiger partial charge in [0, 0.05) is 24.2 Å². The Bertz CT molecular complexity index is 1620. The Labute approximate surface area is 351 Å². The number of aliphatic hydroxyl groups excluding tert-OH is 8. The first-order valence-electron chi connectivity index (χ1n) is 22.4. The van der Waals surface area contributed by atoms with E-state index in [-0.39, 0.29) is 36.4 Å². The maximum Gasteiger partial charge on any atom is 0.187 e. The molecule has 16 nitrogen and oxygen atoms in total. The summed E-state index contributed by atoms with van der Waals surface area (Å²) in [5, 5.41) is 86.8. The van der Waals surface area contributed by atoms with Crippen LogP contribution < -0.4 is 0 Å². The fraction of sp³-hybridized carbons (Fsp3) is 0.909. The molecule has 4 aliphatic carbocycles. The van der Waals surface area contributed by atoms with E-state index in [2.05, 4.69) is 33.4 Å². The number of ether oxygens (including phenoxy) is 8. The molecule has 3 saturated carbocycles. The number of hydrogen-bond donors (Lipinski definition) is 8. The molecular formula is C44H68O16. The van der Waals surface area contributed by atoms with Crippen molar-refractivity contribution < 1.29 is 78.7 Å². The predicted octanol–water partition coefficient (Wildman–Crippen LogP) is 0.772. The van der Waals surface area contributed by atoms with Crippen LogP contribution in [0.5, 0.6) is 0 Å². The lowest BCUT2D eigenvalue weighted by Gasteiger charge is -2.60. The predicted molar refractivity (Wildman–Crippen MR) is 208 cm³/mol. The van der Waals surface area contributed by atoms with Crippen LogP contribution in [0.25, 0.3) is 0 Å². The molecule has 0 aromatic heterocycles. The first-order chi connectivity index (χ1) is 28.4. The van der Waals surface area contributed by atoms with E-state index in [1.54, 1.807) is 6.92 Å². The third kappa shape index (κ3) is 6.94. The summed E-state index contributed by atoms with van der Waals surface area (Å²) in [6.07, 6.45) is -12.5. The van der Waals surface area contributed by atoms with Crippen LogP contribution in [-0.2, 0) is 37.9 Å². The van der Waals surface area contributed by atoms with Crippen LogP contribution in [-0.4, -0.2) is 164 Å². The van der Waals surface area contributed by atoms with Crippen molar-refractivity contribution in [3.05, 3.63) is 23.8 Å². The van der Waals surface area contributed by atoms with Crippen LogP contribution in [0.2, 0.25) is 0 Å². The Kier molecular flexibility index (Phi) is 11.8. The van der Waals surface area contributed by atoms with E-state index in [1.807, 2.05) is 0 Å². The van der Waals surface area contributed by atoms with Crippen LogP contribution in [0.15, 0.2) is 23.8 Å². The zero-order valence-electron chi connectivity index (χ0n) is 35.4. The number of aliphatic hydroxyl groups is 8.